The number of hydrogen-bond acceptors (Lipinski definition) is 1. The Hall–Kier alpha value is -2.24. The van der Waals surface area contributed by atoms with Crippen molar-refractivity contribution in [2.75, 3.05) is 7.11 Å². The lowest BCUT2D eigenvalue weighted by Gasteiger charge is -2.20. The van der Waals surface area contributed by atoms with E-state index in [9.17, 15) is 0 Å². The van der Waals surface area contributed by atoms with Crippen molar-refractivity contribution in [3.63, 3.8) is 0 Å². The zero-order valence-electron chi connectivity index (χ0n) is 13.1. The standard InChI is InChI=1S/C21H17BrO/c1-15-3-9-18-10-6-17(13-20(18)21(15)14-23-2)5-4-16-7-11-19(22)12-8-16/h3,6-15H,1-2H3/b21-14+. The summed E-state index contributed by atoms with van der Waals surface area (Å²) >= 11 is 3.44. The first-order valence-corrected chi connectivity index (χ1v) is 8.30. The van der Waals surface area contributed by atoms with E-state index in [4.69, 9.17) is 4.74 Å². The van der Waals surface area contributed by atoms with Gasteiger partial charge in [-0.1, -0.05) is 52.9 Å². The van der Waals surface area contributed by atoms with Crippen molar-refractivity contribution in [1.82, 2.24) is 0 Å². The van der Waals surface area contributed by atoms with Gasteiger partial charge < -0.3 is 4.74 Å². The Bertz CT molecular complexity index is 832. The maximum Gasteiger partial charge on any atom is 0.0868 e. The molecule has 2 heteroatoms. The van der Waals surface area contributed by atoms with Crippen LogP contribution in [0.15, 0.2) is 59.3 Å². The summed E-state index contributed by atoms with van der Waals surface area (Å²) in [6, 6.07) is 14.4. The molecule has 114 valence electrons. The quantitative estimate of drug-likeness (QED) is 0.479. The second-order valence-electron chi connectivity index (χ2n) is 5.52. The Labute approximate surface area is 145 Å². The minimum Gasteiger partial charge on any atom is -0.504 e. The third-order valence-electron chi connectivity index (χ3n) is 3.86. The highest BCUT2D eigenvalue weighted by Crippen LogP contribution is 2.33. The van der Waals surface area contributed by atoms with E-state index in [1.54, 1.807) is 7.11 Å². The second kappa shape index (κ2) is 6.89. The molecule has 1 unspecified atom stereocenters. The van der Waals surface area contributed by atoms with E-state index in [0.717, 1.165) is 15.6 Å². The molecule has 3 rings (SSSR count). The molecule has 1 aliphatic carbocycles. The summed E-state index contributed by atoms with van der Waals surface area (Å²) in [7, 11) is 1.69. The molecule has 0 heterocycles. The molecule has 1 aliphatic rings. The summed E-state index contributed by atoms with van der Waals surface area (Å²) in [5.41, 5.74) is 5.62. The highest BCUT2D eigenvalue weighted by atomic mass is 79.9. The van der Waals surface area contributed by atoms with Gasteiger partial charge in [0.15, 0.2) is 0 Å². The van der Waals surface area contributed by atoms with Crippen LogP contribution < -0.4 is 0 Å². The van der Waals surface area contributed by atoms with Gasteiger partial charge in [0.05, 0.1) is 13.4 Å². The van der Waals surface area contributed by atoms with Crippen LogP contribution in [0, 0.1) is 17.8 Å². The van der Waals surface area contributed by atoms with Crippen molar-refractivity contribution in [2.45, 2.75) is 6.92 Å². The summed E-state index contributed by atoms with van der Waals surface area (Å²) in [6.45, 7) is 2.17. The van der Waals surface area contributed by atoms with Crippen molar-refractivity contribution in [1.29, 1.82) is 0 Å². The topological polar surface area (TPSA) is 9.23 Å². The molecule has 1 atom stereocenters. The SMILES string of the molecule is CO/C=C1/c2cc(C#Cc3ccc(Br)cc3)ccc2C=CC1C. The molecule has 0 saturated heterocycles. The van der Waals surface area contributed by atoms with E-state index in [2.05, 4.69) is 65.0 Å². The van der Waals surface area contributed by atoms with Crippen molar-refractivity contribution in [2.24, 2.45) is 5.92 Å². The molecule has 0 fully saturated rings. The van der Waals surface area contributed by atoms with Crippen LogP contribution in [0.2, 0.25) is 0 Å². The van der Waals surface area contributed by atoms with Gasteiger partial charge in [-0.2, -0.15) is 0 Å². The first-order chi connectivity index (χ1) is 11.2. The Kier molecular flexibility index (Phi) is 4.69. The number of methoxy groups -OCH3 is 1. The molecule has 0 aliphatic heterocycles. The zero-order valence-corrected chi connectivity index (χ0v) is 14.7. The van der Waals surface area contributed by atoms with Crippen molar-refractivity contribution in [3.8, 4) is 11.8 Å². The molecule has 2 aromatic carbocycles. The van der Waals surface area contributed by atoms with Gasteiger partial charge in [-0.15, -0.1) is 0 Å². The van der Waals surface area contributed by atoms with E-state index in [0.29, 0.717) is 5.92 Å². The van der Waals surface area contributed by atoms with Crippen LogP contribution >= 0.6 is 15.9 Å². The first kappa shape index (κ1) is 15.6. The number of hydrogen-bond donors (Lipinski definition) is 0. The Morgan fingerprint density at radius 3 is 2.48 bits per heavy atom. The van der Waals surface area contributed by atoms with Gasteiger partial charge in [0.25, 0.3) is 0 Å². The number of benzene rings is 2. The number of ether oxygens (including phenoxy) is 1. The molecular weight excluding hydrogens is 348 g/mol. The smallest absolute Gasteiger partial charge is 0.0868 e. The summed E-state index contributed by atoms with van der Waals surface area (Å²) < 4.78 is 6.31. The molecule has 0 radical (unpaired) electrons. The number of rotatable bonds is 1. The normalized spacial score (nSPS) is 17.3. The minimum absolute atomic E-state index is 0.345. The molecular formula is C21H17BrO. The van der Waals surface area contributed by atoms with E-state index in [-0.39, 0.29) is 0 Å². The second-order valence-corrected chi connectivity index (χ2v) is 6.43. The van der Waals surface area contributed by atoms with Crippen LogP contribution in [0.25, 0.3) is 11.6 Å². The molecule has 23 heavy (non-hydrogen) atoms. The van der Waals surface area contributed by atoms with Gasteiger partial charge in [0.2, 0.25) is 0 Å². The van der Waals surface area contributed by atoms with Gasteiger partial charge in [0.1, 0.15) is 0 Å². The molecule has 0 aromatic heterocycles. The lowest BCUT2D eigenvalue weighted by molar-refractivity contribution is 0.338. The molecule has 0 spiro atoms. The van der Waals surface area contributed by atoms with E-state index in [1.165, 1.54) is 16.7 Å². The fourth-order valence-corrected chi connectivity index (χ4v) is 2.87. The predicted octanol–water partition coefficient (Wildman–Crippen LogP) is 5.50. The fourth-order valence-electron chi connectivity index (χ4n) is 2.60. The lowest BCUT2D eigenvalue weighted by Crippen LogP contribution is -2.03. The Balaban J connectivity index is 1.96. The third kappa shape index (κ3) is 3.57. The van der Waals surface area contributed by atoms with Crippen LogP contribution in [0.4, 0.5) is 0 Å². The zero-order chi connectivity index (χ0) is 16.2. The van der Waals surface area contributed by atoms with Gasteiger partial charge in [-0.3, -0.25) is 0 Å². The largest absolute Gasteiger partial charge is 0.504 e. The molecule has 0 saturated carbocycles. The summed E-state index contributed by atoms with van der Waals surface area (Å²) in [6.07, 6.45) is 6.19. The Morgan fingerprint density at radius 1 is 1.04 bits per heavy atom. The molecule has 1 nitrogen and oxygen atoms in total. The highest BCUT2D eigenvalue weighted by molar-refractivity contribution is 9.10. The monoisotopic (exact) mass is 364 g/mol. The number of allylic oxidation sites excluding steroid dienone is 2. The number of halogens is 1. The van der Waals surface area contributed by atoms with Gasteiger partial charge in [-0.05, 0) is 47.5 Å². The van der Waals surface area contributed by atoms with Gasteiger partial charge >= 0.3 is 0 Å². The minimum atomic E-state index is 0.345. The summed E-state index contributed by atoms with van der Waals surface area (Å²) in [5.74, 6) is 6.81. The average Bonchev–Trinajstić information content (AvgIpc) is 2.57. The predicted molar refractivity (Wildman–Crippen MR) is 99.7 cm³/mol. The van der Waals surface area contributed by atoms with Crippen LogP contribution in [0.5, 0.6) is 0 Å². The number of fused-ring (bicyclic) bond motifs is 1. The van der Waals surface area contributed by atoms with Crippen molar-refractivity contribution in [3.05, 3.63) is 81.5 Å². The fraction of sp³-hybridized carbons (Fsp3) is 0.143. The first-order valence-electron chi connectivity index (χ1n) is 7.50. The van der Waals surface area contributed by atoms with Crippen molar-refractivity contribution >= 4 is 27.6 Å². The van der Waals surface area contributed by atoms with E-state index in [1.807, 2.05) is 30.5 Å². The van der Waals surface area contributed by atoms with Crippen LogP contribution in [-0.2, 0) is 4.74 Å². The summed E-state index contributed by atoms with van der Waals surface area (Å²) in [4.78, 5) is 0. The highest BCUT2D eigenvalue weighted by Gasteiger charge is 2.16. The average molecular weight is 365 g/mol. The van der Waals surface area contributed by atoms with Crippen molar-refractivity contribution < 1.29 is 4.74 Å². The van der Waals surface area contributed by atoms with Crippen LogP contribution in [-0.4, -0.2) is 7.11 Å². The van der Waals surface area contributed by atoms with Gasteiger partial charge in [0, 0.05) is 27.1 Å². The van der Waals surface area contributed by atoms with Crippen LogP contribution in [0.1, 0.15) is 29.2 Å². The molecule has 0 amide bonds. The molecule has 0 N–H and O–H groups in total. The van der Waals surface area contributed by atoms with Gasteiger partial charge in [-0.25, -0.2) is 0 Å². The van der Waals surface area contributed by atoms with E-state index < -0.39 is 0 Å². The van der Waals surface area contributed by atoms with Crippen LogP contribution in [0.3, 0.4) is 0 Å². The molecule has 2 aromatic rings. The van der Waals surface area contributed by atoms with E-state index >= 15 is 0 Å². The maximum atomic E-state index is 5.25. The maximum absolute atomic E-state index is 5.25. The lowest BCUT2D eigenvalue weighted by atomic mass is 9.85. The molecule has 0 bridgehead atoms. The Morgan fingerprint density at radius 2 is 1.74 bits per heavy atom. The summed E-state index contributed by atoms with van der Waals surface area (Å²) in [5, 5.41) is 0. The third-order valence-corrected chi connectivity index (χ3v) is 4.39.